The first-order chi connectivity index (χ1) is 21.3. The number of para-hydroxylation sites is 2. The number of carbonyl (C=O) groups is 2. The Hall–Kier alpha value is -4.50. The summed E-state index contributed by atoms with van der Waals surface area (Å²) in [5, 5.41) is 18.0. The van der Waals surface area contributed by atoms with Crippen molar-refractivity contribution in [2.24, 2.45) is 0 Å². The Morgan fingerprint density at radius 1 is 0.977 bits per heavy atom. The van der Waals surface area contributed by atoms with Crippen molar-refractivity contribution >= 4 is 34.5 Å². The normalized spacial score (nSPS) is 19.4. The predicted octanol–water partition coefficient (Wildman–Crippen LogP) is 6.19. The van der Waals surface area contributed by atoms with Crippen LogP contribution in [-0.2, 0) is 15.3 Å². The molecule has 2 amide bonds. The molecule has 0 spiro atoms. The number of oxazole rings is 1. The Bertz CT molecular complexity index is 1740. The third-order valence-corrected chi connectivity index (χ3v) is 8.36. The molecule has 0 aliphatic carbocycles. The molecule has 1 aliphatic heterocycles. The zero-order chi connectivity index (χ0) is 30.7. The van der Waals surface area contributed by atoms with Crippen LogP contribution in [0.3, 0.4) is 0 Å². The molecule has 8 nitrogen and oxygen atoms in total. The zero-order valence-corrected chi connectivity index (χ0v) is 24.8. The van der Waals surface area contributed by atoms with Crippen LogP contribution in [0.2, 0.25) is 5.02 Å². The highest BCUT2D eigenvalue weighted by Gasteiger charge is 2.50. The Morgan fingerprint density at radius 3 is 2.43 bits per heavy atom. The first kappa shape index (κ1) is 29.6. The summed E-state index contributed by atoms with van der Waals surface area (Å²) in [4.78, 5) is 31.7. The molecular formula is C35H32ClN3O5. The summed E-state index contributed by atoms with van der Waals surface area (Å²) in [5.74, 6) is -2.88. The molecule has 0 radical (unpaired) electrons. The van der Waals surface area contributed by atoms with Crippen LogP contribution in [0, 0.1) is 0 Å². The van der Waals surface area contributed by atoms with Gasteiger partial charge in [-0.1, -0.05) is 91.3 Å². The van der Waals surface area contributed by atoms with Gasteiger partial charge < -0.3 is 24.9 Å². The van der Waals surface area contributed by atoms with Crippen LogP contribution in [0.4, 0.5) is 0 Å². The fourth-order valence-corrected chi connectivity index (χ4v) is 5.79. The standard InChI is InChI=1S/C35H32ClN3O5/c1-22(23-9-3-2-4-10-23)21-29(37-32(40)25-17-15-24(16-18-25)26-11-5-6-12-27(26)36)33(41)39-31-19-20-43-35(31,42)34-38-28-13-7-8-14-30(28)44-34/h2-18,22,29,31,42H,19-21H2,1H3,(H,37,40)(H,39,41)/t22-,29?,31-,35?/m0/s1. The lowest BCUT2D eigenvalue weighted by atomic mass is 9.93. The van der Waals surface area contributed by atoms with Gasteiger partial charge in [-0.05, 0) is 60.2 Å². The number of aliphatic hydroxyl groups is 1. The average molecular weight is 610 g/mol. The molecule has 9 heteroatoms. The summed E-state index contributed by atoms with van der Waals surface area (Å²) in [7, 11) is 0. The van der Waals surface area contributed by atoms with E-state index in [-0.39, 0.29) is 18.4 Å². The molecule has 224 valence electrons. The van der Waals surface area contributed by atoms with Crippen LogP contribution in [0.15, 0.2) is 108 Å². The van der Waals surface area contributed by atoms with E-state index in [1.54, 1.807) is 24.3 Å². The van der Waals surface area contributed by atoms with Crippen molar-refractivity contribution in [1.82, 2.24) is 15.6 Å². The molecular weight excluding hydrogens is 578 g/mol. The quantitative estimate of drug-likeness (QED) is 0.184. The van der Waals surface area contributed by atoms with Crippen LogP contribution in [0.1, 0.15) is 47.5 Å². The monoisotopic (exact) mass is 609 g/mol. The summed E-state index contributed by atoms with van der Waals surface area (Å²) >= 11 is 6.35. The van der Waals surface area contributed by atoms with E-state index >= 15 is 0 Å². The smallest absolute Gasteiger partial charge is 0.266 e. The third kappa shape index (κ3) is 6.10. The highest BCUT2D eigenvalue weighted by molar-refractivity contribution is 6.33. The molecule has 5 aromatic rings. The Balaban J connectivity index is 1.22. The first-order valence-corrected chi connectivity index (χ1v) is 14.9. The van der Waals surface area contributed by atoms with Gasteiger partial charge in [0.2, 0.25) is 5.91 Å². The summed E-state index contributed by atoms with van der Waals surface area (Å²) in [5.41, 5.74) is 4.24. The molecule has 1 aliphatic rings. The van der Waals surface area contributed by atoms with Crippen molar-refractivity contribution in [1.29, 1.82) is 0 Å². The fourth-order valence-electron chi connectivity index (χ4n) is 5.55. The first-order valence-electron chi connectivity index (χ1n) is 14.6. The largest absolute Gasteiger partial charge is 0.435 e. The van der Waals surface area contributed by atoms with Gasteiger partial charge in [-0.15, -0.1) is 0 Å². The number of hydrogen-bond donors (Lipinski definition) is 3. The van der Waals surface area contributed by atoms with Crippen molar-refractivity contribution < 1.29 is 23.8 Å². The molecule has 6 rings (SSSR count). The van der Waals surface area contributed by atoms with E-state index in [1.807, 2.05) is 85.8 Å². The van der Waals surface area contributed by atoms with Crippen LogP contribution >= 0.6 is 11.6 Å². The van der Waals surface area contributed by atoms with Gasteiger partial charge in [0.1, 0.15) is 11.6 Å². The number of ether oxygens (including phenoxy) is 1. The van der Waals surface area contributed by atoms with E-state index in [9.17, 15) is 14.7 Å². The fraction of sp³-hybridized carbons (Fsp3) is 0.229. The van der Waals surface area contributed by atoms with Crippen LogP contribution in [-0.4, -0.2) is 40.6 Å². The predicted molar refractivity (Wildman–Crippen MR) is 168 cm³/mol. The molecule has 4 aromatic carbocycles. The Morgan fingerprint density at radius 2 is 1.68 bits per heavy atom. The Kier molecular flexibility index (Phi) is 8.48. The van der Waals surface area contributed by atoms with Crippen molar-refractivity contribution in [3.05, 3.63) is 125 Å². The second-order valence-electron chi connectivity index (χ2n) is 11.0. The van der Waals surface area contributed by atoms with Gasteiger partial charge in [-0.3, -0.25) is 9.59 Å². The topological polar surface area (TPSA) is 114 Å². The SMILES string of the molecule is C[C@@H](CC(NC(=O)c1ccc(-c2ccccc2Cl)cc1)C(=O)N[C@H]1CCOC1(O)c1nc2ccccc2o1)c1ccccc1. The number of aromatic nitrogens is 1. The molecule has 1 fully saturated rings. The van der Waals surface area contributed by atoms with E-state index in [0.29, 0.717) is 34.5 Å². The third-order valence-electron chi connectivity index (χ3n) is 8.03. The molecule has 44 heavy (non-hydrogen) atoms. The second-order valence-corrected chi connectivity index (χ2v) is 11.4. The zero-order valence-electron chi connectivity index (χ0n) is 24.1. The van der Waals surface area contributed by atoms with Gasteiger partial charge in [0.15, 0.2) is 5.58 Å². The maximum absolute atomic E-state index is 13.8. The summed E-state index contributed by atoms with van der Waals surface area (Å²) in [6.45, 7) is 2.20. The minimum atomic E-state index is -1.96. The van der Waals surface area contributed by atoms with Crippen molar-refractivity contribution in [2.75, 3.05) is 6.61 Å². The average Bonchev–Trinajstić information content (AvgIpc) is 3.66. The molecule has 1 saturated heterocycles. The van der Waals surface area contributed by atoms with E-state index in [4.69, 9.17) is 20.8 Å². The maximum atomic E-state index is 13.8. The maximum Gasteiger partial charge on any atom is 0.266 e. The summed E-state index contributed by atoms with van der Waals surface area (Å²) in [6.07, 6.45) is 0.660. The number of hydrogen-bond acceptors (Lipinski definition) is 6. The van der Waals surface area contributed by atoms with Gasteiger partial charge in [-0.2, -0.15) is 0 Å². The lowest BCUT2D eigenvalue weighted by molar-refractivity contribution is -0.206. The van der Waals surface area contributed by atoms with E-state index in [0.717, 1.165) is 16.7 Å². The van der Waals surface area contributed by atoms with Gasteiger partial charge >= 0.3 is 0 Å². The number of carbonyl (C=O) groups excluding carboxylic acids is 2. The molecule has 1 aromatic heterocycles. The van der Waals surface area contributed by atoms with E-state index in [2.05, 4.69) is 15.6 Å². The lowest BCUT2D eigenvalue weighted by Gasteiger charge is -2.29. The molecule has 2 unspecified atom stereocenters. The Labute approximate surface area is 260 Å². The van der Waals surface area contributed by atoms with E-state index < -0.39 is 29.7 Å². The molecule has 0 bridgehead atoms. The minimum Gasteiger partial charge on any atom is -0.435 e. The van der Waals surface area contributed by atoms with Crippen LogP contribution in [0.5, 0.6) is 0 Å². The lowest BCUT2D eigenvalue weighted by Crippen LogP contribution is -2.54. The second kappa shape index (κ2) is 12.6. The molecule has 0 saturated carbocycles. The van der Waals surface area contributed by atoms with Crippen molar-refractivity contribution in [3.8, 4) is 11.1 Å². The highest BCUT2D eigenvalue weighted by Crippen LogP contribution is 2.35. The van der Waals surface area contributed by atoms with Crippen LogP contribution < -0.4 is 10.6 Å². The van der Waals surface area contributed by atoms with Gasteiger partial charge in [-0.25, -0.2) is 4.98 Å². The van der Waals surface area contributed by atoms with Gasteiger partial charge in [0.25, 0.3) is 17.6 Å². The van der Waals surface area contributed by atoms with Gasteiger partial charge in [0.05, 0.1) is 12.6 Å². The summed E-state index contributed by atoms with van der Waals surface area (Å²) in [6, 6.07) is 29.8. The van der Waals surface area contributed by atoms with Crippen molar-refractivity contribution in [3.63, 3.8) is 0 Å². The number of halogens is 1. The van der Waals surface area contributed by atoms with Crippen molar-refractivity contribution in [2.45, 2.75) is 43.6 Å². The highest BCUT2D eigenvalue weighted by atomic mass is 35.5. The van der Waals surface area contributed by atoms with E-state index in [1.165, 1.54) is 0 Å². The van der Waals surface area contributed by atoms with Crippen LogP contribution in [0.25, 0.3) is 22.2 Å². The number of nitrogens with zero attached hydrogens (tertiary/aromatic N) is 1. The number of amides is 2. The number of nitrogens with one attached hydrogen (secondary N) is 2. The molecule has 4 atom stereocenters. The minimum absolute atomic E-state index is 0.0293. The number of fused-ring (bicyclic) bond motifs is 1. The van der Waals surface area contributed by atoms with Gasteiger partial charge in [0, 0.05) is 16.1 Å². The summed E-state index contributed by atoms with van der Waals surface area (Å²) < 4.78 is 11.5. The molecule has 2 heterocycles. The number of rotatable bonds is 9. The number of benzene rings is 4. The molecule has 3 N–H and O–H groups in total.